The summed E-state index contributed by atoms with van der Waals surface area (Å²) >= 11 is 0. The molecular formula is C22H26N4O2. The third-order valence-electron chi connectivity index (χ3n) is 5.07. The Morgan fingerprint density at radius 1 is 1.25 bits per heavy atom. The highest BCUT2D eigenvalue weighted by Crippen LogP contribution is 2.30. The number of carbonyl (C=O) groups is 1. The Labute approximate surface area is 165 Å². The van der Waals surface area contributed by atoms with E-state index in [4.69, 9.17) is 9.52 Å². The molecule has 0 N–H and O–H groups in total. The molecule has 0 saturated heterocycles. The Morgan fingerprint density at radius 2 is 2.04 bits per heavy atom. The molecule has 1 aliphatic heterocycles. The predicted molar refractivity (Wildman–Crippen MR) is 107 cm³/mol. The van der Waals surface area contributed by atoms with Crippen LogP contribution in [0.4, 0.5) is 0 Å². The summed E-state index contributed by atoms with van der Waals surface area (Å²) in [6, 6.07) is 10.3. The SMILES string of the molecule is Cc1cnc(-c2nn(Cc3ccccc3)c3c2CN(C(=O)CC(C)C)CC3)o1. The van der Waals surface area contributed by atoms with Crippen LogP contribution in [0.25, 0.3) is 11.6 Å². The Morgan fingerprint density at radius 3 is 2.71 bits per heavy atom. The minimum Gasteiger partial charge on any atom is -0.440 e. The lowest BCUT2D eigenvalue weighted by Gasteiger charge is -2.28. The van der Waals surface area contributed by atoms with E-state index in [1.165, 1.54) is 11.3 Å². The van der Waals surface area contributed by atoms with Crippen LogP contribution in [0.5, 0.6) is 0 Å². The van der Waals surface area contributed by atoms with E-state index in [2.05, 4.69) is 31.0 Å². The number of oxazole rings is 1. The van der Waals surface area contributed by atoms with Crippen molar-refractivity contribution in [2.45, 2.75) is 46.7 Å². The van der Waals surface area contributed by atoms with Gasteiger partial charge in [-0.3, -0.25) is 9.48 Å². The van der Waals surface area contributed by atoms with Crippen molar-refractivity contribution < 1.29 is 9.21 Å². The zero-order valence-electron chi connectivity index (χ0n) is 16.7. The van der Waals surface area contributed by atoms with E-state index < -0.39 is 0 Å². The molecule has 0 unspecified atom stereocenters. The van der Waals surface area contributed by atoms with E-state index in [1.54, 1.807) is 6.20 Å². The number of nitrogens with zero attached hydrogens (tertiary/aromatic N) is 4. The summed E-state index contributed by atoms with van der Waals surface area (Å²) in [5, 5.41) is 4.85. The van der Waals surface area contributed by atoms with Crippen molar-refractivity contribution in [3.8, 4) is 11.6 Å². The van der Waals surface area contributed by atoms with E-state index in [1.807, 2.05) is 34.7 Å². The van der Waals surface area contributed by atoms with Gasteiger partial charge >= 0.3 is 0 Å². The van der Waals surface area contributed by atoms with Crippen LogP contribution >= 0.6 is 0 Å². The Kier molecular flexibility index (Phi) is 5.03. The van der Waals surface area contributed by atoms with Gasteiger partial charge in [0.15, 0.2) is 5.69 Å². The Bertz CT molecular complexity index is 972. The quantitative estimate of drug-likeness (QED) is 0.677. The molecule has 0 fully saturated rings. The lowest BCUT2D eigenvalue weighted by molar-refractivity contribution is -0.132. The maximum Gasteiger partial charge on any atom is 0.247 e. The second-order valence-corrected chi connectivity index (χ2v) is 7.86. The fourth-order valence-corrected chi connectivity index (χ4v) is 3.71. The second-order valence-electron chi connectivity index (χ2n) is 7.86. The first kappa shape index (κ1) is 18.5. The largest absolute Gasteiger partial charge is 0.440 e. The summed E-state index contributed by atoms with van der Waals surface area (Å²) in [5.74, 6) is 1.83. The van der Waals surface area contributed by atoms with Gasteiger partial charge in [-0.1, -0.05) is 44.2 Å². The molecule has 28 heavy (non-hydrogen) atoms. The Hall–Kier alpha value is -2.89. The highest BCUT2D eigenvalue weighted by molar-refractivity contribution is 5.77. The summed E-state index contributed by atoms with van der Waals surface area (Å²) in [5.41, 5.74) is 4.17. The highest BCUT2D eigenvalue weighted by atomic mass is 16.4. The van der Waals surface area contributed by atoms with Crippen LogP contribution in [0.3, 0.4) is 0 Å². The van der Waals surface area contributed by atoms with Gasteiger partial charge in [0.05, 0.1) is 12.7 Å². The minimum absolute atomic E-state index is 0.200. The average molecular weight is 378 g/mol. The molecule has 1 aromatic carbocycles. The predicted octanol–water partition coefficient (Wildman–Crippen LogP) is 3.83. The second kappa shape index (κ2) is 7.62. The lowest BCUT2D eigenvalue weighted by Crippen LogP contribution is -2.37. The van der Waals surface area contributed by atoms with Crippen molar-refractivity contribution in [1.29, 1.82) is 0 Å². The molecule has 6 heteroatoms. The monoisotopic (exact) mass is 378 g/mol. The first-order valence-corrected chi connectivity index (χ1v) is 9.84. The summed E-state index contributed by atoms with van der Waals surface area (Å²) in [6.07, 6.45) is 3.07. The number of benzene rings is 1. The zero-order chi connectivity index (χ0) is 19.7. The van der Waals surface area contributed by atoms with Crippen LogP contribution in [0.2, 0.25) is 0 Å². The molecule has 0 aliphatic carbocycles. The van der Waals surface area contributed by atoms with Gasteiger partial charge in [-0.2, -0.15) is 5.10 Å². The van der Waals surface area contributed by atoms with Crippen molar-refractivity contribution in [3.05, 3.63) is 59.1 Å². The smallest absolute Gasteiger partial charge is 0.247 e. The Balaban J connectivity index is 1.70. The van der Waals surface area contributed by atoms with Crippen LogP contribution in [-0.2, 0) is 24.3 Å². The van der Waals surface area contributed by atoms with E-state index in [0.29, 0.717) is 31.3 Å². The average Bonchev–Trinajstić information content (AvgIpc) is 3.25. The number of carbonyl (C=O) groups excluding carboxylic acids is 1. The number of hydrogen-bond acceptors (Lipinski definition) is 4. The highest BCUT2D eigenvalue weighted by Gasteiger charge is 2.29. The van der Waals surface area contributed by atoms with E-state index in [9.17, 15) is 4.79 Å². The molecule has 4 rings (SSSR count). The summed E-state index contributed by atoms with van der Waals surface area (Å²) in [6.45, 7) is 8.01. The molecule has 3 aromatic rings. The van der Waals surface area contributed by atoms with Crippen LogP contribution < -0.4 is 0 Å². The molecule has 1 aliphatic rings. The first-order chi connectivity index (χ1) is 13.5. The van der Waals surface area contributed by atoms with Gasteiger partial charge in [0.2, 0.25) is 11.8 Å². The van der Waals surface area contributed by atoms with Gasteiger partial charge in [-0.15, -0.1) is 0 Å². The molecule has 0 spiro atoms. The van der Waals surface area contributed by atoms with Gasteiger partial charge < -0.3 is 9.32 Å². The number of fused-ring (bicyclic) bond motifs is 1. The number of amides is 1. The maximum atomic E-state index is 12.6. The first-order valence-electron chi connectivity index (χ1n) is 9.84. The molecular weight excluding hydrogens is 352 g/mol. The minimum atomic E-state index is 0.200. The van der Waals surface area contributed by atoms with Crippen molar-refractivity contribution in [3.63, 3.8) is 0 Å². The van der Waals surface area contributed by atoms with Gasteiger partial charge in [-0.05, 0) is 18.4 Å². The third-order valence-corrected chi connectivity index (χ3v) is 5.07. The van der Waals surface area contributed by atoms with Gasteiger partial charge in [0, 0.05) is 37.2 Å². The molecule has 146 valence electrons. The number of aryl methyl sites for hydroxylation is 1. The van der Waals surface area contributed by atoms with Crippen LogP contribution in [0, 0.1) is 12.8 Å². The van der Waals surface area contributed by atoms with E-state index in [-0.39, 0.29) is 5.91 Å². The lowest BCUT2D eigenvalue weighted by atomic mass is 10.0. The topological polar surface area (TPSA) is 64.2 Å². The maximum absolute atomic E-state index is 12.6. The molecule has 3 heterocycles. The number of rotatable bonds is 5. The summed E-state index contributed by atoms with van der Waals surface area (Å²) in [7, 11) is 0. The molecule has 6 nitrogen and oxygen atoms in total. The van der Waals surface area contributed by atoms with Crippen LogP contribution in [0.15, 0.2) is 40.9 Å². The van der Waals surface area contributed by atoms with Crippen molar-refractivity contribution in [2.75, 3.05) is 6.54 Å². The van der Waals surface area contributed by atoms with Crippen molar-refractivity contribution >= 4 is 5.91 Å². The summed E-state index contributed by atoms with van der Waals surface area (Å²) in [4.78, 5) is 19.0. The van der Waals surface area contributed by atoms with Gasteiger partial charge in [-0.25, -0.2) is 4.98 Å². The third kappa shape index (κ3) is 3.72. The normalized spacial score (nSPS) is 13.8. The van der Waals surface area contributed by atoms with E-state index in [0.717, 1.165) is 30.0 Å². The van der Waals surface area contributed by atoms with Crippen LogP contribution in [0.1, 0.15) is 42.8 Å². The van der Waals surface area contributed by atoms with Crippen LogP contribution in [-0.4, -0.2) is 32.1 Å². The summed E-state index contributed by atoms with van der Waals surface area (Å²) < 4.78 is 7.81. The molecule has 0 saturated carbocycles. The fourth-order valence-electron chi connectivity index (χ4n) is 3.71. The van der Waals surface area contributed by atoms with Gasteiger partial charge in [0.25, 0.3) is 0 Å². The van der Waals surface area contributed by atoms with Gasteiger partial charge in [0.1, 0.15) is 5.76 Å². The molecule has 0 atom stereocenters. The molecule has 1 amide bonds. The van der Waals surface area contributed by atoms with Crippen molar-refractivity contribution in [1.82, 2.24) is 19.7 Å². The molecule has 2 aromatic heterocycles. The standard InChI is InChI=1S/C22H26N4O2/c1-15(2)11-20(27)25-10-9-19-18(14-25)21(22-23-12-16(3)28-22)24-26(19)13-17-7-5-4-6-8-17/h4-8,12,15H,9-11,13-14H2,1-3H3. The number of aromatic nitrogens is 3. The number of hydrogen-bond donors (Lipinski definition) is 0. The molecule has 0 bridgehead atoms. The van der Waals surface area contributed by atoms with E-state index >= 15 is 0 Å². The zero-order valence-corrected chi connectivity index (χ0v) is 16.7. The van der Waals surface area contributed by atoms with Crippen molar-refractivity contribution in [2.24, 2.45) is 5.92 Å². The molecule has 0 radical (unpaired) electrons. The fraction of sp³-hybridized carbons (Fsp3) is 0.409.